The Morgan fingerprint density at radius 1 is 0.750 bits per heavy atom. The van der Waals surface area contributed by atoms with E-state index < -0.39 is 5.91 Å². The molecule has 2 amide bonds. The molecule has 0 spiro atoms. The van der Waals surface area contributed by atoms with Crippen molar-refractivity contribution in [1.82, 2.24) is 10.6 Å². The molecule has 9 heteroatoms. The smallest absolute Gasteiger partial charge is 0.251 e. The number of benzene rings is 2. The van der Waals surface area contributed by atoms with Crippen molar-refractivity contribution < 1.29 is 34.0 Å². The first kappa shape index (κ1) is 20.7. The van der Waals surface area contributed by atoms with Gasteiger partial charge in [0.1, 0.15) is 11.5 Å². The van der Waals surface area contributed by atoms with Gasteiger partial charge in [0.05, 0.1) is 21.3 Å². The molecule has 0 bridgehead atoms. The third kappa shape index (κ3) is 4.97. The minimum absolute atomic E-state index is 0.105. The summed E-state index contributed by atoms with van der Waals surface area (Å²) in [5, 5.41) is 24.1. The van der Waals surface area contributed by atoms with Crippen LogP contribution in [0.25, 0.3) is 0 Å². The zero-order chi connectivity index (χ0) is 20.7. The molecular weight excluding hydrogens is 368 g/mol. The number of hydrogen-bond donors (Lipinski definition) is 4. The lowest BCUT2D eigenvalue weighted by atomic mass is 10.1. The maximum atomic E-state index is 12.3. The molecule has 0 aliphatic heterocycles. The maximum Gasteiger partial charge on any atom is 0.251 e. The summed E-state index contributed by atoms with van der Waals surface area (Å²) >= 11 is 0. The number of carbonyl (C=O) groups excluding carboxylic acids is 2. The predicted octanol–water partition coefficient (Wildman–Crippen LogP) is 1.28. The third-order valence-corrected chi connectivity index (χ3v) is 3.79. The van der Waals surface area contributed by atoms with Gasteiger partial charge in [-0.15, -0.1) is 0 Å². The quantitative estimate of drug-likeness (QED) is 0.500. The van der Waals surface area contributed by atoms with Crippen molar-refractivity contribution in [3.8, 4) is 28.7 Å². The average molecular weight is 390 g/mol. The van der Waals surface area contributed by atoms with Gasteiger partial charge in [-0.2, -0.15) is 0 Å². The summed E-state index contributed by atoms with van der Waals surface area (Å²) < 4.78 is 15.6. The Balaban J connectivity index is 1.94. The van der Waals surface area contributed by atoms with Crippen LogP contribution in [0.15, 0.2) is 30.3 Å². The van der Waals surface area contributed by atoms with Crippen LogP contribution in [0.5, 0.6) is 28.7 Å². The summed E-state index contributed by atoms with van der Waals surface area (Å²) in [7, 11) is 4.37. The number of rotatable bonds is 8. The maximum absolute atomic E-state index is 12.3. The average Bonchev–Trinajstić information content (AvgIpc) is 2.68. The molecule has 0 unspecified atom stereocenters. The van der Waals surface area contributed by atoms with Gasteiger partial charge >= 0.3 is 0 Å². The zero-order valence-corrected chi connectivity index (χ0v) is 15.7. The molecular formula is C19H22N2O7. The molecule has 4 N–H and O–H groups in total. The Bertz CT molecular complexity index is 822. The fourth-order valence-corrected chi connectivity index (χ4v) is 2.49. The van der Waals surface area contributed by atoms with Crippen LogP contribution in [0.1, 0.15) is 20.7 Å². The van der Waals surface area contributed by atoms with Crippen LogP contribution in [0.4, 0.5) is 0 Å². The summed E-state index contributed by atoms with van der Waals surface area (Å²) in [4.78, 5) is 24.4. The van der Waals surface area contributed by atoms with E-state index in [1.54, 1.807) is 0 Å². The van der Waals surface area contributed by atoms with E-state index in [4.69, 9.17) is 14.2 Å². The molecule has 0 aliphatic rings. The van der Waals surface area contributed by atoms with Crippen molar-refractivity contribution in [3.63, 3.8) is 0 Å². The summed E-state index contributed by atoms with van der Waals surface area (Å²) in [6, 6.07) is 6.61. The Morgan fingerprint density at radius 3 is 1.57 bits per heavy atom. The lowest BCUT2D eigenvalue weighted by Gasteiger charge is -2.14. The summed E-state index contributed by atoms with van der Waals surface area (Å²) in [5.41, 5.74) is 0.409. The Hall–Kier alpha value is -3.62. The first-order valence-electron chi connectivity index (χ1n) is 8.29. The molecule has 0 heterocycles. The van der Waals surface area contributed by atoms with E-state index in [0.717, 1.165) is 6.07 Å². The number of phenols is 2. The van der Waals surface area contributed by atoms with E-state index in [0.29, 0.717) is 22.8 Å². The predicted molar refractivity (Wildman–Crippen MR) is 101 cm³/mol. The topological polar surface area (TPSA) is 126 Å². The zero-order valence-electron chi connectivity index (χ0n) is 15.7. The van der Waals surface area contributed by atoms with E-state index in [1.165, 1.54) is 45.6 Å². The van der Waals surface area contributed by atoms with Gasteiger partial charge in [-0.25, -0.2) is 0 Å². The van der Waals surface area contributed by atoms with Crippen LogP contribution in [0.3, 0.4) is 0 Å². The van der Waals surface area contributed by atoms with E-state index in [2.05, 4.69) is 10.6 Å². The Labute approximate surface area is 161 Å². The molecule has 0 saturated carbocycles. The van der Waals surface area contributed by atoms with Gasteiger partial charge in [-0.05, 0) is 24.3 Å². The lowest BCUT2D eigenvalue weighted by Crippen LogP contribution is -2.34. The van der Waals surface area contributed by atoms with Crippen molar-refractivity contribution in [2.45, 2.75) is 0 Å². The number of methoxy groups -OCH3 is 3. The lowest BCUT2D eigenvalue weighted by molar-refractivity contribution is 0.0927. The Morgan fingerprint density at radius 2 is 1.18 bits per heavy atom. The monoisotopic (exact) mass is 390 g/mol. The number of nitrogens with one attached hydrogen (secondary N) is 2. The molecule has 150 valence electrons. The molecule has 0 fully saturated rings. The van der Waals surface area contributed by atoms with Crippen LogP contribution in [0.2, 0.25) is 0 Å². The van der Waals surface area contributed by atoms with Gasteiger partial charge in [-0.1, -0.05) is 0 Å². The molecule has 2 aromatic carbocycles. The summed E-state index contributed by atoms with van der Waals surface area (Å²) in [5.74, 6) is -0.241. The van der Waals surface area contributed by atoms with Crippen LogP contribution in [0, 0.1) is 0 Å². The highest BCUT2D eigenvalue weighted by molar-refractivity contribution is 5.96. The van der Waals surface area contributed by atoms with Crippen LogP contribution >= 0.6 is 0 Å². The number of carbonyl (C=O) groups is 2. The van der Waals surface area contributed by atoms with Gasteiger partial charge < -0.3 is 35.1 Å². The number of amides is 2. The molecule has 28 heavy (non-hydrogen) atoms. The van der Waals surface area contributed by atoms with Crippen molar-refractivity contribution in [2.24, 2.45) is 0 Å². The summed E-state index contributed by atoms with van der Waals surface area (Å²) in [6.07, 6.45) is 0. The molecule has 9 nitrogen and oxygen atoms in total. The van der Waals surface area contributed by atoms with E-state index in [9.17, 15) is 19.8 Å². The van der Waals surface area contributed by atoms with E-state index in [-0.39, 0.29) is 36.1 Å². The molecule has 2 aromatic rings. The van der Waals surface area contributed by atoms with E-state index in [1.807, 2.05) is 0 Å². The number of phenolic OH excluding ortho intramolecular Hbond substituents is 2. The van der Waals surface area contributed by atoms with Gasteiger partial charge in [-0.3, -0.25) is 9.59 Å². The molecule has 0 radical (unpaired) electrons. The van der Waals surface area contributed by atoms with Crippen molar-refractivity contribution in [1.29, 1.82) is 0 Å². The van der Waals surface area contributed by atoms with E-state index >= 15 is 0 Å². The van der Waals surface area contributed by atoms with Gasteiger partial charge in [0.15, 0.2) is 11.5 Å². The molecule has 2 rings (SSSR count). The highest BCUT2D eigenvalue weighted by atomic mass is 16.5. The number of ether oxygens (including phenoxy) is 3. The molecule has 0 atom stereocenters. The first-order chi connectivity index (χ1) is 13.4. The van der Waals surface area contributed by atoms with Crippen molar-refractivity contribution >= 4 is 11.8 Å². The van der Waals surface area contributed by atoms with Gasteiger partial charge in [0.2, 0.25) is 5.75 Å². The Kier molecular flexibility index (Phi) is 6.91. The van der Waals surface area contributed by atoms with Crippen molar-refractivity contribution in [2.75, 3.05) is 34.4 Å². The fourth-order valence-electron chi connectivity index (χ4n) is 2.49. The highest BCUT2D eigenvalue weighted by Gasteiger charge is 2.17. The third-order valence-electron chi connectivity index (χ3n) is 3.79. The van der Waals surface area contributed by atoms with Gasteiger partial charge in [0, 0.05) is 30.3 Å². The largest absolute Gasteiger partial charge is 0.508 e. The second-order valence-electron chi connectivity index (χ2n) is 5.66. The van der Waals surface area contributed by atoms with Crippen LogP contribution < -0.4 is 24.8 Å². The fraction of sp³-hybridized carbons (Fsp3) is 0.263. The van der Waals surface area contributed by atoms with Gasteiger partial charge in [0.25, 0.3) is 11.8 Å². The minimum atomic E-state index is -0.492. The normalized spacial score (nSPS) is 10.1. The first-order valence-corrected chi connectivity index (χ1v) is 8.29. The second-order valence-corrected chi connectivity index (χ2v) is 5.66. The van der Waals surface area contributed by atoms with Crippen LogP contribution in [-0.2, 0) is 0 Å². The molecule has 0 aromatic heterocycles. The molecule has 0 aliphatic carbocycles. The SMILES string of the molecule is COc1cc(C(=O)NCCNC(=O)c2cc(O)cc(O)c2)cc(OC)c1OC. The number of hydrogen-bond acceptors (Lipinski definition) is 7. The standard InChI is InChI=1S/C19H22N2O7/c1-26-15-8-12(9-16(27-2)17(15)28-3)19(25)21-5-4-20-18(24)11-6-13(22)10-14(23)7-11/h6-10,22-23H,4-5H2,1-3H3,(H,20,24)(H,21,25). The van der Waals surface area contributed by atoms with Crippen molar-refractivity contribution in [3.05, 3.63) is 41.5 Å². The highest BCUT2D eigenvalue weighted by Crippen LogP contribution is 2.38. The van der Waals surface area contributed by atoms with Crippen LogP contribution in [-0.4, -0.2) is 56.4 Å². The second kappa shape index (κ2) is 9.36. The molecule has 0 saturated heterocycles. The minimum Gasteiger partial charge on any atom is -0.508 e. The number of aromatic hydroxyl groups is 2. The summed E-state index contributed by atoms with van der Waals surface area (Å²) in [6.45, 7) is 0.303.